The van der Waals surface area contributed by atoms with E-state index in [1.807, 2.05) is 48.5 Å². The lowest BCUT2D eigenvalue weighted by Gasteiger charge is -2.16. The van der Waals surface area contributed by atoms with Crippen LogP contribution in [-0.2, 0) is 10.1 Å². The monoisotopic (exact) mass is 462 g/mol. The molecule has 0 unspecified atom stereocenters. The van der Waals surface area contributed by atoms with Crippen molar-refractivity contribution in [3.63, 3.8) is 0 Å². The predicted octanol–water partition coefficient (Wildman–Crippen LogP) is 6.92. The molecule has 5 nitrogen and oxygen atoms in total. The molecule has 0 amide bonds. The second kappa shape index (κ2) is 14.9. The van der Waals surface area contributed by atoms with E-state index in [2.05, 4.69) is 6.92 Å². The third kappa shape index (κ3) is 10.5. The Bertz CT molecular complexity index is 865. The third-order valence-electron chi connectivity index (χ3n) is 5.36. The van der Waals surface area contributed by atoms with Gasteiger partial charge in [-0.2, -0.15) is 8.42 Å². The van der Waals surface area contributed by atoms with Crippen LogP contribution >= 0.6 is 0 Å². The van der Waals surface area contributed by atoms with Crippen LogP contribution in [-0.4, -0.2) is 31.9 Å². The van der Waals surface area contributed by atoms with Gasteiger partial charge in [0.25, 0.3) is 10.1 Å². The van der Waals surface area contributed by atoms with Crippen molar-refractivity contribution in [2.45, 2.75) is 71.1 Å². The molecule has 6 heteroatoms. The van der Waals surface area contributed by atoms with Crippen LogP contribution in [0.4, 0.5) is 0 Å². The molecule has 0 aromatic heterocycles. The number of hydrogen-bond acceptors (Lipinski definition) is 4. The minimum Gasteiger partial charge on any atom is -0.493 e. The van der Waals surface area contributed by atoms with Gasteiger partial charge in [0, 0.05) is 0 Å². The van der Waals surface area contributed by atoms with E-state index in [-0.39, 0.29) is 18.8 Å². The summed E-state index contributed by atoms with van der Waals surface area (Å²) < 4.78 is 42.8. The first-order valence-corrected chi connectivity index (χ1v) is 13.5. The highest BCUT2D eigenvalue weighted by molar-refractivity contribution is 7.85. The summed E-state index contributed by atoms with van der Waals surface area (Å²) in [6.07, 6.45) is 11.6. The molecule has 0 atom stereocenters. The Morgan fingerprint density at radius 3 is 1.78 bits per heavy atom. The maximum absolute atomic E-state index is 10.9. The van der Waals surface area contributed by atoms with Crippen molar-refractivity contribution < 1.29 is 22.4 Å². The molecule has 2 aromatic rings. The zero-order valence-electron chi connectivity index (χ0n) is 19.3. The first kappa shape index (κ1) is 26.2. The molecule has 0 fully saturated rings. The van der Waals surface area contributed by atoms with Crippen molar-refractivity contribution in [2.75, 3.05) is 19.0 Å². The Hall–Kier alpha value is -2.05. The van der Waals surface area contributed by atoms with Crippen LogP contribution in [0.2, 0.25) is 0 Å². The van der Waals surface area contributed by atoms with E-state index in [4.69, 9.17) is 14.0 Å². The minimum atomic E-state index is -3.98. The van der Waals surface area contributed by atoms with Crippen LogP contribution in [0.15, 0.2) is 48.5 Å². The van der Waals surface area contributed by atoms with E-state index in [0.717, 1.165) is 23.3 Å². The normalized spacial score (nSPS) is 11.4. The SMILES string of the molecule is CCCCCCCCCCCOc1cccc(OCCCS(=O)(=O)O)c1-c1ccccc1. The van der Waals surface area contributed by atoms with Gasteiger partial charge in [0.05, 0.1) is 24.5 Å². The van der Waals surface area contributed by atoms with Crippen LogP contribution in [0.1, 0.15) is 71.1 Å². The third-order valence-corrected chi connectivity index (χ3v) is 6.16. The number of ether oxygens (including phenoxy) is 2. The molecule has 0 saturated carbocycles. The fourth-order valence-corrected chi connectivity index (χ4v) is 4.14. The lowest BCUT2D eigenvalue weighted by atomic mass is 10.0. The fourth-order valence-electron chi connectivity index (χ4n) is 3.66. The summed E-state index contributed by atoms with van der Waals surface area (Å²) in [6, 6.07) is 15.6. The van der Waals surface area contributed by atoms with Gasteiger partial charge in [-0.15, -0.1) is 0 Å². The van der Waals surface area contributed by atoms with Crippen molar-refractivity contribution in [1.29, 1.82) is 0 Å². The largest absolute Gasteiger partial charge is 0.493 e. The van der Waals surface area contributed by atoms with Gasteiger partial charge in [-0.3, -0.25) is 4.55 Å². The molecule has 0 aliphatic carbocycles. The van der Waals surface area contributed by atoms with Gasteiger partial charge < -0.3 is 9.47 Å². The standard InChI is InChI=1S/C26H38O5S/c1-2-3-4-5-6-7-8-9-13-20-30-24-18-14-19-25(31-21-15-22-32(27,28)29)26(24)23-16-11-10-12-17-23/h10-12,14,16-19H,2-9,13,15,20-22H2,1H3,(H,27,28,29). The topological polar surface area (TPSA) is 72.8 Å². The van der Waals surface area contributed by atoms with Crippen LogP contribution in [0.3, 0.4) is 0 Å². The zero-order valence-corrected chi connectivity index (χ0v) is 20.1. The molecule has 1 N–H and O–H groups in total. The van der Waals surface area contributed by atoms with Crippen molar-refractivity contribution in [3.05, 3.63) is 48.5 Å². The van der Waals surface area contributed by atoms with Crippen molar-refractivity contribution in [2.24, 2.45) is 0 Å². The van der Waals surface area contributed by atoms with E-state index in [0.29, 0.717) is 12.4 Å². The minimum absolute atomic E-state index is 0.196. The summed E-state index contributed by atoms with van der Waals surface area (Å²) in [7, 11) is -3.98. The molecule has 178 valence electrons. The second-order valence-electron chi connectivity index (χ2n) is 8.16. The predicted molar refractivity (Wildman–Crippen MR) is 131 cm³/mol. The van der Waals surface area contributed by atoms with Crippen LogP contribution in [0.25, 0.3) is 11.1 Å². The number of unbranched alkanes of at least 4 members (excludes halogenated alkanes) is 8. The van der Waals surface area contributed by atoms with E-state index < -0.39 is 10.1 Å². The van der Waals surface area contributed by atoms with Crippen LogP contribution in [0.5, 0.6) is 11.5 Å². The zero-order chi connectivity index (χ0) is 23.1. The number of benzene rings is 2. The molecule has 2 aromatic carbocycles. The maximum Gasteiger partial charge on any atom is 0.264 e. The van der Waals surface area contributed by atoms with E-state index in [1.54, 1.807) is 0 Å². The first-order valence-electron chi connectivity index (χ1n) is 11.9. The summed E-state index contributed by atoms with van der Waals surface area (Å²) in [6.45, 7) is 3.10. The van der Waals surface area contributed by atoms with Gasteiger partial charge in [-0.25, -0.2) is 0 Å². The summed E-state index contributed by atoms with van der Waals surface area (Å²) >= 11 is 0. The Kier molecular flexibility index (Phi) is 12.2. The smallest absolute Gasteiger partial charge is 0.264 e. The average molecular weight is 463 g/mol. The molecular weight excluding hydrogens is 424 g/mol. The molecule has 32 heavy (non-hydrogen) atoms. The highest BCUT2D eigenvalue weighted by atomic mass is 32.2. The number of rotatable bonds is 17. The summed E-state index contributed by atoms with van der Waals surface area (Å²) in [5, 5.41) is 0. The Balaban J connectivity index is 1.89. The van der Waals surface area contributed by atoms with Crippen molar-refractivity contribution >= 4 is 10.1 Å². The van der Waals surface area contributed by atoms with Crippen LogP contribution in [0, 0.1) is 0 Å². The summed E-state index contributed by atoms with van der Waals surface area (Å²) in [5.41, 5.74) is 1.86. The molecule has 0 spiro atoms. The second-order valence-corrected chi connectivity index (χ2v) is 9.73. The Morgan fingerprint density at radius 2 is 1.22 bits per heavy atom. The van der Waals surface area contributed by atoms with Gasteiger partial charge in [-0.1, -0.05) is 94.7 Å². The summed E-state index contributed by atoms with van der Waals surface area (Å²) in [4.78, 5) is 0. The molecule has 0 radical (unpaired) electrons. The molecular formula is C26H38O5S. The van der Waals surface area contributed by atoms with Crippen molar-refractivity contribution in [1.82, 2.24) is 0 Å². The Morgan fingerprint density at radius 1 is 0.688 bits per heavy atom. The first-order chi connectivity index (χ1) is 15.5. The molecule has 0 heterocycles. The molecule has 0 aliphatic heterocycles. The molecule has 0 bridgehead atoms. The molecule has 0 aliphatic rings. The number of hydrogen-bond donors (Lipinski definition) is 1. The fraction of sp³-hybridized carbons (Fsp3) is 0.538. The molecule has 0 saturated heterocycles. The lowest BCUT2D eigenvalue weighted by Crippen LogP contribution is -2.09. The van der Waals surface area contributed by atoms with E-state index in [9.17, 15) is 8.42 Å². The summed E-state index contributed by atoms with van der Waals surface area (Å²) in [5.74, 6) is 1.10. The highest BCUT2D eigenvalue weighted by Gasteiger charge is 2.14. The van der Waals surface area contributed by atoms with Gasteiger partial charge in [0.15, 0.2) is 0 Å². The average Bonchev–Trinajstić information content (AvgIpc) is 2.78. The lowest BCUT2D eigenvalue weighted by molar-refractivity contribution is 0.296. The molecule has 2 rings (SSSR count). The van der Waals surface area contributed by atoms with E-state index >= 15 is 0 Å². The maximum atomic E-state index is 10.9. The Labute approximate surface area is 193 Å². The van der Waals surface area contributed by atoms with Gasteiger partial charge in [-0.05, 0) is 30.5 Å². The van der Waals surface area contributed by atoms with Crippen LogP contribution < -0.4 is 9.47 Å². The van der Waals surface area contributed by atoms with Gasteiger partial charge in [0.1, 0.15) is 11.5 Å². The highest BCUT2D eigenvalue weighted by Crippen LogP contribution is 2.38. The van der Waals surface area contributed by atoms with Gasteiger partial charge >= 0.3 is 0 Å². The van der Waals surface area contributed by atoms with E-state index in [1.165, 1.54) is 51.4 Å². The van der Waals surface area contributed by atoms with Crippen molar-refractivity contribution in [3.8, 4) is 22.6 Å². The quantitative estimate of drug-likeness (QED) is 0.204. The van der Waals surface area contributed by atoms with Gasteiger partial charge in [0.2, 0.25) is 0 Å².